The minimum absolute atomic E-state index is 0.0815. The van der Waals surface area contributed by atoms with Gasteiger partial charge in [-0.25, -0.2) is 19.6 Å². The molecule has 0 spiro atoms. The number of carbonyl (C=O) groups excluding carboxylic acids is 1. The van der Waals surface area contributed by atoms with Gasteiger partial charge in [0.25, 0.3) is 5.91 Å². The molecule has 0 aliphatic carbocycles. The lowest BCUT2D eigenvalue weighted by Gasteiger charge is -2.26. The number of nitrogen functional groups attached to an aromatic ring is 1. The van der Waals surface area contributed by atoms with E-state index in [1.54, 1.807) is 54.5 Å². The largest absolute Gasteiger partial charge is 0.378 e. The number of rotatable bonds is 4. The van der Waals surface area contributed by atoms with Crippen LogP contribution in [0.1, 0.15) is 28.8 Å². The molecule has 0 unspecified atom stereocenters. The molecule has 168 valence electrons. The van der Waals surface area contributed by atoms with E-state index >= 15 is 0 Å². The van der Waals surface area contributed by atoms with Crippen molar-refractivity contribution < 1.29 is 14.6 Å². The number of nitrogens with two attached hydrogens (primary N) is 1. The second-order valence-corrected chi connectivity index (χ2v) is 7.81. The molecule has 0 bridgehead atoms. The first-order valence-corrected chi connectivity index (χ1v) is 10.4. The number of hydrogen-bond donors (Lipinski definition) is 2. The number of benzene rings is 1. The van der Waals surface area contributed by atoms with Crippen LogP contribution in [0.5, 0.6) is 0 Å². The van der Waals surface area contributed by atoms with E-state index in [9.17, 15) is 9.90 Å². The van der Waals surface area contributed by atoms with Crippen LogP contribution < -0.4 is 5.73 Å². The maximum absolute atomic E-state index is 13.3. The number of aliphatic hydroxyl groups is 1. The van der Waals surface area contributed by atoms with Crippen molar-refractivity contribution in [3.05, 3.63) is 66.0 Å². The van der Waals surface area contributed by atoms with Crippen molar-refractivity contribution >= 4 is 22.8 Å². The van der Waals surface area contributed by atoms with E-state index in [1.807, 2.05) is 0 Å². The van der Waals surface area contributed by atoms with Crippen LogP contribution in [0.2, 0.25) is 0 Å². The molecule has 0 saturated carbocycles. The van der Waals surface area contributed by atoms with Crippen LogP contribution in [-0.2, 0) is 10.3 Å². The van der Waals surface area contributed by atoms with Gasteiger partial charge in [0.05, 0.1) is 18.7 Å². The Morgan fingerprint density at radius 1 is 1.12 bits per heavy atom. The summed E-state index contributed by atoms with van der Waals surface area (Å²) in [6, 6.07) is 8.60. The Hall–Kier alpha value is -3.96. The number of morpholine rings is 1. The molecule has 1 fully saturated rings. The average Bonchev–Trinajstić information content (AvgIpc) is 3.23. The molecule has 3 N–H and O–H groups in total. The highest BCUT2D eigenvalue weighted by molar-refractivity contribution is 6.05. The highest BCUT2D eigenvalue weighted by atomic mass is 16.5. The van der Waals surface area contributed by atoms with Crippen molar-refractivity contribution in [3.8, 4) is 5.82 Å². The van der Waals surface area contributed by atoms with Gasteiger partial charge >= 0.3 is 0 Å². The van der Waals surface area contributed by atoms with Crippen LogP contribution in [0, 0.1) is 0 Å². The number of amides is 1. The van der Waals surface area contributed by atoms with Gasteiger partial charge in [-0.15, -0.1) is 0 Å². The highest BCUT2D eigenvalue weighted by Gasteiger charge is 2.31. The molecule has 1 saturated heterocycles. The number of nitrogens with zero attached hydrogens (tertiary/aromatic N) is 7. The molecule has 4 aromatic rings. The van der Waals surface area contributed by atoms with E-state index in [0.717, 1.165) is 0 Å². The van der Waals surface area contributed by atoms with Gasteiger partial charge in [0, 0.05) is 43.1 Å². The van der Waals surface area contributed by atoms with Crippen molar-refractivity contribution in [1.29, 1.82) is 0 Å². The van der Waals surface area contributed by atoms with Gasteiger partial charge in [-0.05, 0) is 30.7 Å². The third kappa shape index (κ3) is 3.77. The van der Waals surface area contributed by atoms with Gasteiger partial charge in [0.15, 0.2) is 17.3 Å². The van der Waals surface area contributed by atoms with Crippen molar-refractivity contribution in [2.75, 3.05) is 32.0 Å². The van der Waals surface area contributed by atoms with Gasteiger partial charge in [-0.3, -0.25) is 4.79 Å². The monoisotopic (exact) mass is 446 g/mol. The van der Waals surface area contributed by atoms with Crippen LogP contribution in [0.25, 0.3) is 16.7 Å². The van der Waals surface area contributed by atoms with Gasteiger partial charge in [0.2, 0.25) is 5.95 Å². The number of anilines is 1. The summed E-state index contributed by atoms with van der Waals surface area (Å²) in [7, 11) is 0. The fraction of sp³-hybridized carbons (Fsp3) is 0.273. The van der Waals surface area contributed by atoms with E-state index in [-0.39, 0.29) is 23.4 Å². The van der Waals surface area contributed by atoms with Crippen molar-refractivity contribution in [1.82, 2.24) is 34.6 Å². The van der Waals surface area contributed by atoms with Crippen LogP contribution >= 0.6 is 0 Å². The van der Waals surface area contributed by atoms with Gasteiger partial charge in [-0.2, -0.15) is 10.1 Å². The Labute approximate surface area is 188 Å². The summed E-state index contributed by atoms with van der Waals surface area (Å²) >= 11 is 0. The first kappa shape index (κ1) is 20.9. The minimum atomic E-state index is -1.47. The summed E-state index contributed by atoms with van der Waals surface area (Å²) in [4.78, 5) is 31.6. The van der Waals surface area contributed by atoms with E-state index in [0.29, 0.717) is 48.6 Å². The van der Waals surface area contributed by atoms with Gasteiger partial charge in [-0.1, -0.05) is 6.07 Å². The maximum Gasteiger partial charge on any atom is 0.275 e. The van der Waals surface area contributed by atoms with E-state index in [1.165, 1.54) is 10.9 Å². The molecular weight excluding hydrogens is 424 g/mol. The summed E-state index contributed by atoms with van der Waals surface area (Å²) in [6.07, 6.45) is 4.66. The molecule has 5 rings (SSSR count). The Morgan fingerprint density at radius 2 is 1.88 bits per heavy atom. The van der Waals surface area contributed by atoms with Crippen LogP contribution in [0.15, 0.2) is 48.9 Å². The van der Waals surface area contributed by atoms with E-state index in [4.69, 9.17) is 10.5 Å². The number of fused-ring (bicyclic) bond motifs is 1. The summed E-state index contributed by atoms with van der Waals surface area (Å²) in [6.45, 7) is 3.57. The first-order chi connectivity index (χ1) is 15.9. The molecule has 1 aliphatic rings. The van der Waals surface area contributed by atoms with E-state index in [2.05, 4.69) is 25.0 Å². The molecule has 11 nitrogen and oxygen atoms in total. The van der Waals surface area contributed by atoms with E-state index < -0.39 is 5.60 Å². The summed E-state index contributed by atoms with van der Waals surface area (Å²) in [5.41, 5.74) is 5.72. The number of ether oxygens (including phenoxy) is 1. The number of hydrogen-bond acceptors (Lipinski definition) is 9. The maximum atomic E-state index is 13.3. The second kappa shape index (κ2) is 8.19. The second-order valence-electron chi connectivity index (χ2n) is 7.81. The Morgan fingerprint density at radius 3 is 2.61 bits per heavy atom. The molecule has 0 radical (unpaired) electrons. The zero-order valence-corrected chi connectivity index (χ0v) is 17.9. The molecule has 1 aromatic carbocycles. The predicted octanol–water partition coefficient (Wildman–Crippen LogP) is 0.916. The molecule has 1 amide bonds. The summed E-state index contributed by atoms with van der Waals surface area (Å²) < 4.78 is 6.90. The van der Waals surface area contributed by atoms with Gasteiger partial charge < -0.3 is 20.5 Å². The first-order valence-electron chi connectivity index (χ1n) is 10.4. The van der Waals surface area contributed by atoms with Crippen molar-refractivity contribution in [2.45, 2.75) is 12.5 Å². The fourth-order valence-electron chi connectivity index (χ4n) is 3.83. The normalized spacial score (nSPS) is 16.0. The third-order valence-electron chi connectivity index (χ3n) is 5.62. The lowest BCUT2D eigenvalue weighted by Crippen LogP contribution is -2.41. The zero-order chi connectivity index (χ0) is 23.0. The molecule has 1 aliphatic heterocycles. The van der Waals surface area contributed by atoms with Crippen molar-refractivity contribution in [3.63, 3.8) is 0 Å². The average molecular weight is 446 g/mol. The molecule has 3 aromatic heterocycles. The zero-order valence-electron chi connectivity index (χ0n) is 17.9. The van der Waals surface area contributed by atoms with Crippen LogP contribution in [-0.4, -0.2) is 71.9 Å². The molecule has 4 heterocycles. The van der Waals surface area contributed by atoms with Gasteiger partial charge in [0.1, 0.15) is 5.60 Å². The van der Waals surface area contributed by atoms with Crippen LogP contribution in [0.3, 0.4) is 0 Å². The highest BCUT2D eigenvalue weighted by Crippen LogP contribution is 2.31. The fourth-order valence-corrected chi connectivity index (χ4v) is 3.83. The summed E-state index contributed by atoms with van der Waals surface area (Å²) in [5.74, 6) is 0.542. The molecule has 11 heteroatoms. The Kier molecular flexibility index (Phi) is 5.19. The predicted molar refractivity (Wildman–Crippen MR) is 118 cm³/mol. The van der Waals surface area contributed by atoms with Crippen LogP contribution in [0.4, 0.5) is 5.95 Å². The number of aromatic nitrogens is 6. The molecular formula is C22H22N8O3. The molecule has 1 atom stereocenters. The Balaban J connectivity index is 1.68. The quantitative estimate of drug-likeness (QED) is 0.467. The Bertz CT molecular complexity index is 1320. The smallest absolute Gasteiger partial charge is 0.275 e. The minimum Gasteiger partial charge on any atom is -0.378 e. The molecule has 33 heavy (non-hydrogen) atoms. The lowest BCUT2D eigenvalue weighted by molar-refractivity contribution is 0.0300. The topological polar surface area (TPSA) is 145 Å². The van der Waals surface area contributed by atoms with Crippen molar-refractivity contribution in [2.24, 2.45) is 0 Å². The third-order valence-corrected chi connectivity index (χ3v) is 5.62. The lowest BCUT2D eigenvalue weighted by atomic mass is 9.94. The standard InChI is InChI=1S/C22H22N8O3/c1-22(32,20-24-6-2-7-25-20)14-3-4-15-16(13-14)30(17-5-8-26-21(23)27-17)28-18(15)19(31)29-9-11-33-12-10-29/h2-8,13,32H,9-12H2,1H3,(H2,23,26,27)/t22-/m0/s1. The number of carbonyl (C=O) groups is 1. The SMILES string of the molecule is C[C@](O)(c1ccc2c(C(=O)N3CCOCC3)nn(-c3ccnc(N)n3)c2c1)c1ncccn1. The summed E-state index contributed by atoms with van der Waals surface area (Å²) in [5, 5.41) is 16.5.